The summed E-state index contributed by atoms with van der Waals surface area (Å²) in [4.78, 5) is 22.9. The lowest BCUT2D eigenvalue weighted by atomic mass is 10.0. The van der Waals surface area contributed by atoms with Crippen molar-refractivity contribution < 1.29 is 27.5 Å². The molecule has 0 aliphatic carbocycles. The van der Waals surface area contributed by atoms with E-state index in [2.05, 4.69) is 5.32 Å². The summed E-state index contributed by atoms with van der Waals surface area (Å²) in [6.45, 7) is 1.82. The third-order valence-corrected chi connectivity index (χ3v) is 5.25. The molecule has 1 atom stereocenters. The molecule has 2 aromatic rings. The van der Waals surface area contributed by atoms with Gasteiger partial charge in [-0.05, 0) is 54.8 Å². The highest BCUT2D eigenvalue weighted by Crippen LogP contribution is 2.37. The van der Waals surface area contributed by atoms with Gasteiger partial charge in [0.25, 0.3) is 5.24 Å². The Morgan fingerprint density at radius 2 is 1.93 bits per heavy atom. The first-order chi connectivity index (χ1) is 12.6. The second-order valence-electron chi connectivity index (χ2n) is 5.92. The van der Waals surface area contributed by atoms with Crippen LogP contribution in [0.2, 0.25) is 5.02 Å². The van der Waals surface area contributed by atoms with Crippen LogP contribution in [0.3, 0.4) is 0 Å². The van der Waals surface area contributed by atoms with E-state index in [1.165, 1.54) is 6.07 Å². The normalized spacial score (nSPS) is 17.1. The number of alkyl halides is 3. The van der Waals surface area contributed by atoms with Crippen molar-refractivity contribution in [3.8, 4) is 11.5 Å². The summed E-state index contributed by atoms with van der Waals surface area (Å²) in [6.07, 6.45) is -4.10. The zero-order valence-electron chi connectivity index (χ0n) is 13.9. The fraction of sp³-hybridized carbons (Fsp3) is 0.222. The molecule has 1 saturated heterocycles. The molecule has 1 N–H and O–H groups in total. The molecule has 27 heavy (non-hydrogen) atoms. The standard InChI is InChI=1S/C18H13ClF3NO3S/c1-9-6-12(4-2-10(9)7-15-16(24)23-17(25)27-15)26-14-5-3-11(8-13(14)19)18(20,21)22/h2-6,8,15H,7H2,1H3,(H,23,24,25). The van der Waals surface area contributed by atoms with Crippen LogP contribution < -0.4 is 10.1 Å². The van der Waals surface area contributed by atoms with Crippen LogP contribution >= 0.6 is 23.4 Å². The van der Waals surface area contributed by atoms with Crippen molar-refractivity contribution in [2.75, 3.05) is 0 Å². The lowest BCUT2D eigenvalue weighted by Crippen LogP contribution is -2.25. The molecule has 0 saturated carbocycles. The van der Waals surface area contributed by atoms with E-state index in [0.29, 0.717) is 12.2 Å². The highest BCUT2D eigenvalue weighted by atomic mass is 35.5. The topological polar surface area (TPSA) is 55.4 Å². The number of hydrogen-bond acceptors (Lipinski definition) is 4. The molecule has 2 amide bonds. The molecule has 2 aromatic carbocycles. The molecule has 9 heteroatoms. The summed E-state index contributed by atoms with van der Waals surface area (Å²) < 4.78 is 43.7. The minimum atomic E-state index is -4.48. The quantitative estimate of drug-likeness (QED) is 0.731. The smallest absolute Gasteiger partial charge is 0.416 e. The Labute approximate surface area is 162 Å². The average Bonchev–Trinajstić information content (AvgIpc) is 2.88. The third kappa shape index (κ3) is 4.56. The monoisotopic (exact) mass is 415 g/mol. The molecule has 1 unspecified atom stereocenters. The Bertz CT molecular complexity index is 917. The summed E-state index contributed by atoms with van der Waals surface area (Å²) in [6, 6.07) is 7.96. The van der Waals surface area contributed by atoms with Gasteiger partial charge in [0.1, 0.15) is 11.5 Å². The highest BCUT2D eigenvalue weighted by molar-refractivity contribution is 8.15. The molecular formula is C18H13ClF3NO3S. The maximum Gasteiger partial charge on any atom is 0.416 e. The van der Waals surface area contributed by atoms with Crippen LogP contribution in [0.25, 0.3) is 0 Å². The van der Waals surface area contributed by atoms with Gasteiger partial charge in [-0.3, -0.25) is 14.9 Å². The van der Waals surface area contributed by atoms with Gasteiger partial charge in [-0.25, -0.2) is 0 Å². The number of aryl methyl sites for hydroxylation is 1. The fourth-order valence-electron chi connectivity index (χ4n) is 2.58. The molecule has 0 bridgehead atoms. The van der Waals surface area contributed by atoms with Crippen LogP contribution in [0.4, 0.5) is 18.0 Å². The van der Waals surface area contributed by atoms with Crippen LogP contribution in [0, 0.1) is 6.92 Å². The Hall–Kier alpha value is -2.19. The van der Waals surface area contributed by atoms with Gasteiger partial charge in [-0.2, -0.15) is 13.2 Å². The molecular weight excluding hydrogens is 403 g/mol. The Morgan fingerprint density at radius 3 is 2.48 bits per heavy atom. The number of thioether (sulfide) groups is 1. The second kappa shape index (κ2) is 7.44. The highest BCUT2D eigenvalue weighted by Gasteiger charge is 2.32. The van der Waals surface area contributed by atoms with Crippen molar-refractivity contribution in [1.82, 2.24) is 5.32 Å². The van der Waals surface area contributed by atoms with E-state index in [0.717, 1.165) is 35.0 Å². The number of halogens is 4. The van der Waals surface area contributed by atoms with Gasteiger partial charge < -0.3 is 4.74 Å². The predicted octanol–water partition coefficient (Wildman–Crippen LogP) is 5.35. The van der Waals surface area contributed by atoms with Gasteiger partial charge in [0.05, 0.1) is 15.8 Å². The average molecular weight is 416 g/mol. The number of benzene rings is 2. The van der Waals surface area contributed by atoms with E-state index < -0.39 is 17.0 Å². The first kappa shape index (κ1) is 19.6. The Kier molecular flexibility index (Phi) is 5.39. The minimum Gasteiger partial charge on any atom is -0.456 e. The first-order valence-corrected chi connectivity index (χ1v) is 9.05. The van der Waals surface area contributed by atoms with E-state index in [1.807, 2.05) is 6.92 Å². The van der Waals surface area contributed by atoms with E-state index in [9.17, 15) is 22.8 Å². The van der Waals surface area contributed by atoms with Crippen LogP contribution in [-0.4, -0.2) is 16.4 Å². The summed E-state index contributed by atoms with van der Waals surface area (Å²) >= 11 is 6.84. The predicted molar refractivity (Wildman–Crippen MR) is 96.3 cm³/mol. The van der Waals surface area contributed by atoms with Gasteiger partial charge in [-0.15, -0.1) is 0 Å². The number of nitrogens with one attached hydrogen (secondary N) is 1. The summed E-state index contributed by atoms with van der Waals surface area (Å²) in [7, 11) is 0. The van der Waals surface area contributed by atoms with Gasteiger partial charge in [-0.1, -0.05) is 29.4 Å². The number of carbonyl (C=O) groups is 2. The third-order valence-electron chi connectivity index (χ3n) is 3.97. The fourth-order valence-corrected chi connectivity index (χ4v) is 3.64. The van der Waals surface area contributed by atoms with E-state index >= 15 is 0 Å². The minimum absolute atomic E-state index is 0.105. The number of imide groups is 1. The van der Waals surface area contributed by atoms with Gasteiger partial charge in [0.2, 0.25) is 5.91 Å². The number of hydrogen-bond donors (Lipinski definition) is 1. The summed E-state index contributed by atoms with van der Waals surface area (Å²) in [5.41, 5.74) is 0.833. The molecule has 1 aliphatic rings. The lowest BCUT2D eigenvalue weighted by molar-refractivity contribution is -0.137. The Balaban J connectivity index is 1.74. The molecule has 0 spiro atoms. The molecule has 4 nitrogen and oxygen atoms in total. The van der Waals surface area contributed by atoms with Crippen molar-refractivity contribution in [1.29, 1.82) is 0 Å². The molecule has 1 heterocycles. The van der Waals surface area contributed by atoms with Crippen molar-refractivity contribution in [2.45, 2.75) is 24.8 Å². The van der Waals surface area contributed by atoms with Crippen molar-refractivity contribution in [3.63, 3.8) is 0 Å². The van der Waals surface area contributed by atoms with Crippen LogP contribution in [0.15, 0.2) is 36.4 Å². The lowest BCUT2D eigenvalue weighted by Gasteiger charge is -2.13. The van der Waals surface area contributed by atoms with Gasteiger partial charge in [0, 0.05) is 0 Å². The molecule has 3 rings (SSSR count). The van der Waals surface area contributed by atoms with Crippen molar-refractivity contribution in [3.05, 3.63) is 58.1 Å². The van der Waals surface area contributed by atoms with Crippen LogP contribution in [-0.2, 0) is 17.4 Å². The van der Waals surface area contributed by atoms with Crippen LogP contribution in [0.1, 0.15) is 16.7 Å². The number of amides is 2. The molecule has 142 valence electrons. The molecule has 1 aliphatic heterocycles. The maximum atomic E-state index is 12.7. The SMILES string of the molecule is Cc1cc(Oc2ccc(C(F)(F)F)cc2Cl)ccc1CC1SC(=O)NC1=O. The van der Waals surface area contributed by atoms with Gasteiger partial charge >= 0.3 is 6.18 Å². The zero-order chi connectivity index (χ0) is 19.8. The van der Waals surface area contributed by atoms with Gasteiger partial charge in [0.15, 0.2) is 0 Å². The molecule has 1 fully saturated rings. The van der Waals surface area contributed by atoms with E-state index in [1.54, 1.807) is 18.2 Å². The molecule has 0 aromatic heterocycles. The first-order valence-electron chi connectivity index (χ1n) is 7.79. The van der Waals surface area contributed by atoms with Crippen molar-refractivity contribution >= 4 is 34.5 Å². The largest absolute Gasteiger partial charge is 0.456 e. The Morgan fingerprint density at radius 1 is 1.19 bits per heavy atom. The second-order valence-corrected chi connectivity index (χ2v) is 7.50. The summed E-state index contributed by atoms with van der Waals surface area (Å²) in [5.74, 6) is 0.187. The zero-order valence-corrected chi connectivity index (χ0v) is 15.5. The van der Waals surface area contributed by atoms with Crippen molar-refractivity contribution in [2.24, 2.45) is 0 Å². The van der Waals surface area contributed by atoms with E-state index in [4.69, 9.17) is 16.3 Å². The number of carbonyl (C=O) groups excluding carboxylic acids is 2. The van der Waals surface area contributed by atoms with E-state index in [-0.39, 0.29) is 21.9 Å². The number of rotatable bonds is 4. The maximum absolute atomic E-state index is 12.7. The summed E-state index contributed by atoms with van der Waals surface area (Å²) in [5, 5.41) is 1.25. The molecule has 0 radical (unpaired) electrons. The number of ether oxygens (including phenoxy) is 1. The van der Waals surface area contributed by atoms with Crippen LogP contribution in [0.5, 0.6) is 11.5 Å².